The second-order valence-corrected chi connectivity index (χ2v) is 13.4. The molecule has 0 aromatic heterocycles. The highest BCUT2D eigenvalue weighted by Gasteiger charge is 2.44. The van der Waals surface area contributed by atoms with Crippen LogP contribution in [0.1, 0.15) is 61.9 Å². The lowest BCUT2D eigenvalue weighted by Gasteiger charge is -2.44. The predicted octanol–water partition coefficient (Wildman–Crippen LogP) is 5.48. The number of halogens is 3. The van der Waals surface area contributed by atoms with Crippen molar-refractivity contribution >= 4 is 21.5 Å². The highest BCUT2D eigenvalue weighted by atomic mass is 32.2. The van der Waals surface area contributed by atoms with Crippen LogP contribution < -0.4 is 0 Å². The highest BCUT2D eigenvalue weighted by molar-refractivity contribution is 7.91. The second kappa shape index (κ2) is 12.0. The minimum absolute atomic E-state index is 0.0647. The van der Waals surface area contributed by atoms with Crippen LogP contribution in [0.25, 0.3) is 0 Å². The van der Waals surface area contributed by atoms with Gasteiger partial charge in [-0.15, -0.1) is 0 Å². The fourth-order valence-electron chi connectivity index (χ4n) is 6.10. The maximum absolute atomic E-state index is 13.5. The molecule has 1 amide bonds. The van der Waals surface area contributed by atoms with Gasteiger partial charge in [0.05, 0.1) is 16.2 Å². The summed E-state index contributed by atoms with van der Waals surface area (Å²) in [6, 6.07) is 12.8. The molecule has 2 aliphatic rings. The van der Waals surface area contributed by atoms with Crippen LogP contribution in [0.2, 0.25) is 0 Å². The van der Waals surface area contributed by atoms with Crippen LogP contribution in [0.3, 0.4) is 0 Å². The lowest BCUT2D eigenvalue weighted by atomic mass is 9.80. The third-order valence-electron chi connectivity index (χ3n) is 8.54. The Morgan fingerprint density at radius 3 is 2.40 bits per heavy atom. The first-order valence-electron chi connectivity index (χ1n) is 13.8. The normalized spacial score (nSPS) is 24.2. The van der Waals surface area contributed by atoms with E-state index < -0.39 is 33.3 Å². The molecule has 1 saturated carbocycles. The van der Waals surface area contributed by atoms with Crippen LogP contribution in [-0.4, -0.2) is 67.4 Å². The maximum atomic E-state index is 13.5. The maximum Gasteiger partial charge on any atom is 0.416 e. The average molecular weight is 579 g/mol. The molecule has 40 heavy (non-hydrogen) atoms. The summed E-state index contributed by atoms with van der Waals surface area (Å²) in [5, 5.41) is 0. The molecule has 4 atom stereocenters. The van der Waals surface area contributed by atoms with E-state index in [1.165, 1.54) is 12.1 Å². The van der Waals surface area contributed by atoms with Crippen molar-refractivity contribution in [3.05, 3.63) is 65.7 Å². The molecule has 4 rings (SSSR count). The molecule has 1 aliphatic carbocycles. The van der Waals surface area contributed by atoms with Crippen molar-refractivity contribution in [2.75, 3.05) is 19.3 Å². The molecule has 2 aromatic carbocycles. The van der Waals surface area contributed by atoms with Gasteiger partial charge >= 0.3 is 6.18 Å². The molecule has 0 unspecified atom stereocenters. The first-order valence-corrected chi connectivity index (χ1v) is 15.4. The van der Waals surface area contributed by atoms with Crippen molar-refractivity contribution in [2.45, 2.75) is 75.1 Å². The zero-order valence-corrected chi connectivity index (χ0v) is 23.9. The standard InChI is InChI=1S/C30H37F3N2O4S/c1-20(2)34(3)25-12-13-27(23(17-25)19-40(38,39)26-10-5-4-6-11-26)35-15-14-22(29(35)37)18-28(36)21-8-7-9-24(16-21)30(31,32)33/h4-11,16,20,22-23,25,27H,12-15,17-19H2,1-3H3/t22-,23+,25-,27+/m1/s1. The SMILES string of the molecule is CC(C)N(C)[C@@H]1CC[C@H](N2CC[C@H](CC(=O)c3cccc(C(F)(F)F)c3)C2=O)[C@H](CS(=O)(=O)c2ccccc2)C1. The molecule has 0 radical (unpaired) electrons. The first-order chi connectivity index (χ1) is 18.8. The van der Waals surface area contributed by atoms with Crippen LogP contribution in [0.15, 0.2) is 59.5 Å². The van der Waals surface area contributed by atoms with Crippen molar-refractivity contribution in [1.29, 1.82) is 0 Å². The summed E-state index contributed by atoms with van der Waals surface area (Å²) in [7, 11) is -1.56. The largest absolute Gasteiger partial charge is 0.416 e. The minimum atomic E-state index is -4.56. The van der Waals surface area contributed by atoms with E-state index in [4.69, 9.17) is 0 Å². The summed E-state index contributed by atoms with van der Waals surface area (Å²) in [6.45, 7) is 4.59. The van der Waals surface area contributed by atoms with Crippen molar-refractivity contribution in [1.82, 2.24) is 9.80 Å². The van der Waals surface area contributed by atoms with Gasteiger partial charge in [-0.3, -0.25) is 9.59 Å². The number of likely N-dealkylation sites (tertiary alicyclic amines) is 1. The molecule has 218 valence electrons. The Kier molecular flexibility index (Phi) is 9.09. The number of Topliss-reactive ketones (excluding diaryl/α,β-unsaturated/α-hetero) is 1. The average Bonchev–Trinajstić information content (AvgIpc) is 3.27. The summed E-state index contributed by atoms with van der Waals surface area (Å²) in [5.41, 5.74) is -0.964. The van der Waals surface area contributed by atoms with Crippen molar-refractivity contribution in [3.8, 4) is 0 Å². The van der Waals surface area contributed by atoms with E-state index >= 15 is 0 Å². The van der Waals surface area contributed by atoms with E-state index in [2.05, 4.69) is 18.7 Å². The number of amides is 1. The summed E-state index contributed by atoms with van der Waals surface area (Å²) in [6.07, 6.45) is -2.23. The topological polar surface area (TPSA) is 74.8 Å². The molecule has 0 bridgehead atoms. The number of nitrogens with zero attached hydrogens (tertiary/aromatic N) is 2. The Morgan fingerprint density at radius 2 is 1.75 bits per heavy atom. The van der Waals surface area contributed by atoms with Crippen molar-refractivity contribution in [2.24, 2.45) is 11.8 Å². The Balaban J connectivity index is 1.51. The van der Waals surface area contributed by atoms with E-state index in [0.29, 0.717) is 25.8 Å². The molecule has 6 nitrogen and oxygen atoms in total. The number of carbonyl (C=O) groups excluding carboxylic acids is 2. The molecule has 1 aliphatic heterocycles. The number of hydrogen-bond donors (Lipinski definition) is 0. The van der Waals surface area contributed by atoms with Crippen LogP contribution in [0.4, 0.5) is 13.2 Å². The molecule has 2 fully saturated rings. The number of rotatable bonds is 9. The van der Waals surface area contributed by atoms with Gasteiger partial charge in [-0.05, 0) is 76.8 Å². The third kappa shape index (κ3) is 6.77. The molecule has 1 heterocycles. The number of carbonyl (C=O) groups is 2. The monoisotopic (exact) mass is 578 g/mol. The predicted molar refractivity (Wildman–Crippen MR) is 147 cm³/mol. The van der Waals surface area contributed by atoms with E-state index in [1.54, 1.807) is 35.2 Å². The van der Waals surface area contributed by atoms with Gasteiger partial charge in [-0.25, -0.2) is 8.42 Å². The lowest BCUT2D eigenvalue weighted by molar-refractivity contribution is -0.137. The molecule has 2 aromatic rings. The lowest BCUT2D eigenvalue weighted by Crippen LogP contribution is -2.51. The molecular weight excluding hydrogens is 541 g/mol. The molecule has 1 saturated heterocycles. The summed E-state index contributed by atoms with van der Waals surface area (Å²) in [4.78, 5) is 30.7. The van der Waals surface area contributed by atoms with E-state index in [-0.39, 0.29) is 52.6 Å². The van der Waals surface area contributed by atoms with Gasteiger partial charge in [0.25, 0.3) is 0 Å². The minimum Gasteiger partial charge on any atom is -0.339 e. The van der Waals surface area contributed by atoms with Gasteiger partial charge in [0.2, 0.25) is 5.91 Å². The van der Waals surface area contributed by atoms with Crippen LogP contribution in [0, 0.1) is 11.8 Å². The van der Waals surface area contributed by atoms with Crippen molar-refractivity contribution < 1.29 is 31.2 Å². The number of hydrogen-bond acceptors (Lipinski definition) is 5. The smallest absolute Gasteiger partial charge is 0.339 e. The summed E-state index contributed by atoms with van der Waals surface area (Å²) < 4.78 is 66.1. The van der Waals surface area contributed by atoms with Gasteiger partial charge in [0.1, 0.15) is 0 Å². The fourth-order valence-corrected chi connectivity index (χ4v) is 7.79. The van der Waals surface area contributed by atoms with Gasteiger partial charge < -0.3 is 9.80 Å². The highest BCUT2D eigenvalue weighted by Crippen LogP contribution is 2.37. The number of ketones is 1. The van der Waals surface area contributed by atoms with Gasteiger partial charge in [0, 0.05) is 42.6 Å². The number of benzene rings is 2. The third-order valence-corrected chi connectivity index (χ3v) is 10.4. The Labute approximate surface area is 234 Å². The Hall–Kier alpha value is -2.72. The van der Waals surface area contributed by atoms with Crippen molar-refractivity contribution in [3.63, 3.8) is 0 Å². The van der Waals surface area contributed by atoms with Gasteiger partial charge in [-0.2, -0.15) is 13.2 Å². The fraction of sp³-hybridized carbons (Fsp3) is 0.533. The van der Waals surface area contributed by atoms with E-state index in [0.717, 1.165) is 18.6 Å². The molecule has 10 heteroatoms. The summed E-state index contributed by atoms with van der Waals surface area (Å²) in [5.74, 6) is -1.72. The van der Waals surface area contributed by atoms with Crippen LogP contribution >= 0.6 is 0 Å². The van der Waals surface area contributed by atoms with E-state index in [9.17, 15) is 31.2 Å². The quantitative estimate of drug-likeness (QED) is 0.369. The van der Waals surface area contributed by atoms with Gasteiger partial charge in [-0.1, -0.05) is 30.3 Å². The molecule has 0 spiro atoms. The first kappa shape index (κ1) is 30.2. The van der Waals surface area contributed by atoms with Crippen LogP contribution in [-0.2, 0) is 20.8 Å². The Morgan fingerprint density at radius 1 is 1.05 bits per heavy atom. The molecular formula is C30H37F3N2O4S. The number of alkyl halides is 3. The molecule has 0 N–H and O–H groups in total. The second-order valence-electron chi connectivity index (χ2n) is 11.4. The zero-order valence-electron chi connectivity index (χ0n) is 23.1. The van der Waals surface area contributed by atoms with Gasteiger partial charge in [0.15, 0.2) is 15.6 Å². The number of sulfone groups is 1. The zero-order chi connectivity index (χ0) is 29.2. The van der Waals surface area contributed by atoms with Crippen LogP contribution in [0.5, 0.6) is 0 Å². The summed E-state index contributed by atoms with van der Waals surface area (Å²) >= 11 is 0. The Bertz CT molecular complexity index is 1310. The van der Waals surface area contributed by atoms with E-state index in [1.807, 2.05) is 7.05 Å².